The number of anilines is 1. The van der Waals surface area contributed by atoms with Crippen LogP contribution in [0.3, 0.4) is 0 Å². The Kier molecular flexibility index (Phi) is 11.6. The maximum Gasteiger partial charge on any atom is 0.270 e. The molecule has 0 radical (unpaired) electrons. The molecule has 258 valence electrons. The van der Waals surface area contributed by atoms with E-state index in [1.54, 1.807) is 40.2 Å². The first-order chi connectivity index (χ1) is 23.0. The Morgan fingerprint density at radius 3 is 2.40 bits per heavy atom. The molecule has 2 fully saturated rings. The van der Waals surface area contributed by atoms with Crippen LogP contribution >= 0.6 is 11.5 Å². The predicted octanol–water partition coefficient (Wildman–Crippen LogP) is 3.74. The van der Waals surface area contributed by atoms with Gasteiger partial charge < -0.3 is 25.8 Å². The van der Waals surface area contributed by atoms with Crippen LogP contribution in [0.1, 0.15) is 78.8 Å². The van der Waals surface area contributed by atoms with Gasteiger partial charge in [0.25, 0.3) is 11.8 Å². The Morgan fingerprint density at radius 1 is 1.02 bits per heavy atom. The smallest absolute Gasteiger partial charge is 0.270 e. The molecule has 4 amide bonds. The lowest BCUT2D eigenvalue weighted by atomic mass is 9.79. The second-order valence-corrected chi connectivity index (χ2v) is 13.7. The number of nitrogens with one attached hydrogen (secondary N) is 3. The van der Waals surface area contributed by atoms with E-state index in [1.165, 1.54) is 18.3 Å². The monoisotopic (exact) mass is 680 g/mol. The highest BCUT2D eigenvalue weighted by Gasteiger charge is 2.35. The van der Waals surface area contributed by atoms with E-state index in [0.29, 0.717) is 55.5 Å². The summed E-state index contributed by atoms with van der Waals surface area (Å²) in [6.45, 7) is 8.79. The number of likely N-dealkylation sites (N-methyl/N-ethyl adjacent to an activating group) is 1. The first-order valence-corrected chi connectivity index (χ1v) is 17.5. The number of aromatic nitrogens is 3. The molecule has 14 heteroatoms. The zero-order valence-electron chi connectivity index (χ0n) is 27.9. The molecule has 1 saturated heterocycles. The number of rotatable bonds is 11. The normalized spacial score (nSPS) is 20.4. The average molecular weight is 681 g/mol. The highest BCUT2D eigenvalue weighted by atomic mass is 32.1. The summed E-state index contributed by atoms with van der Waals surface area (Å²) in [5.41, 5.74) is 1.15. The molecule has 1 aromatic carbocycles. The van der Waals surface area contributed by atoms with Gasteiger partial charge in [-0.3, -0.25) is 23.9 Å². The number of halogens is 1. The van der Waals surface area contributed by atoms with Crippen molar-refractivity contribution in [1.82, 2.24) is 34.6 Å². The molecule has 3 atom stereocenters. The van der Waals surface area contributed by atoms with E-state index in [2.05, 4.69) is 37.2 Å². The van der Waals surface area contributed by atoms with Gasteiger partial charge in [0, 0.05) is 50.2 Å². The number of aryl methyl sites for hydroxylation is 1. The lowest BCUT2D eigenvalue weighted by Crippen LogP contribution is -2.55. The Labute approximate surface area is 284 Å². The third kappa shape index (κ3) is 8.27. The van der Waals surface area contributed by atoms with E-state index in [1.807, 2.05) is 14.0 Å². The summed E-state index contributed by atoms with van der Waals surface area (Å²) in [5, 5.41) is 14.3. The third-order valence-corrected chi connectivity index (χ3v) is 10.3. The molecular weight excluding hydrogens is 635 g/mol. The van der Waals surface area contributed by atoms with Crippen LogP contribution in [0.25, 0.3) is 0 Å². The van der Waals surface area contributed by atoms with Crippen LogP contribution in [0, 0.1) is 17.7 Å². The molecule has 2 aromatic heterocycles. The fourth-order valence-corrected chi connectivity index (χ4v) is 7.01. The molecule has 12 nitrogen and oxygen atoms in total. The number of carbonyl (C=O) groups excluding carboxylic acids is 4. The van der Waals surface area contributed by atoms with E-state index in [9.17, 15) is 19.2 Å². The molecule has 3 heterocycles. The maximum absolute atomic E-state index is 15.8. The topological polar surface area (TPSA) is 142 Å². The van der Waals surface area contributed by atoms with Crippen molar-refractivity contribution in [2.45, 2.75) is 71.0 Å². The van der Waals surface area contributed by atoms with E-state index in [0.717, 1.165) is 37.2 Å². The van der Waals surface area contributed by atoms with Crippen molar-refractivity contribution in [3.63, 3.8) is 0 Å². The third-order valence-electron chi connectivity index (χ3n) is 9.69. The van der Waals surface area contributed by atoms with Gasteiger partial charge in [-0.25, -0.2) is 8.76 Å². The van der Waals surface area contributed by atoms with Crippen LogP contribution < -0.4 is 16.0 Å². The summed E-state index contributed by atoms with van der Waals surface area (Å²) in [7, 11) is 1.99. The minimum absolute atomic E-state index is 0.0340. The Morgan fingerprint density at radius 2 is 1.75 bits per heavy atom. The van der Waals surface area contributed by atoms with Crippen molar-refractivity contribution in [2.75, 3.05) is 38.5 Å². The summed E-state index contributed by atoms with van der Waals surface area (Å²) < 4.78 is 21.3. The zero-order chi connectivity index (χ0) is 34.4. The molecule has 0 unspecified atom stereocenters. The minimum atomic E-state index is -0.953. The standard InChI is InChI=1S/C34H45FN8O4S/c1-5-43-28(12-13-36-43)32(45)40-30(23-8-6-21(2)7-9-23)33(46)38-27-11-10-24(18-26(27)35)22(3)29(39-31(44)25-19-37-48-20-25)34(47)42-16-14-41(4)15-17-42/h10-13,18-23,29-30H,5-9,14-17H2,1-4H3,(H,38,46)(H,39,44)(H,40,45)/t21-,22-,23-,29+,30-/m0/s1. The first-order valence-electron chi connectivity index (χ1n) is 16.7. The quantitative estimate of drug-likeness (QED) is 0.280. The molecule has 3 aromatic rings. The lowest BCUT2D eigenvalue weighted by Gasteiger charge is -2.36. The van der Waals surface area contributed by atoms with E-state index in [4.69, 9.17) is 0 Å². The van der Waals surface area contributed by atoms with Crippen LogP contribution in [-0.2, 0) is 16.1 Å². The number of carbonyl (C=O) groups is 4. The summed E-state index contributed by atoms with van der Waals surface area (Å²) >= 11 is 1.14. The maximum atomic E-state index is 15.8. The average Bonchev–Trinajstić information content (AvgIpc) is 3.80. The fraction of sp³-hybridized carbons (Fsp3) is 0.529. The highest BCUT2D eigenvalue weighted by molar-refractivity contribution is 7.03. The fourth-order valence-electron chi connectivity index (χ4n) is 6.49. The van der Waals surface area contributed by atoms with Crippen molar-refractivity contribution in [2.24, 2.45) is 11.8 Å². The van der Waals surface area contributed by atoms with Gasteiger partial charge in [-0.15, -0.1) is 0 Å². The van der Waals surface area contributed by atoms with E-state index >= 15 is 4.39 Å². The SMILES string of the molecule is CCn1nccc1C(=O)N[C@H](C(=O)Nc1ccc([C@H](C)[C@@H](NC(=O)c2cnsc2)C(=O)N2CCN(C)CC2)cc1F)[C@H]1CC[C@H](C)CC1. The summed E-state index contributed by atoms with van der Waals surface area (Å²) in [4.78, 5) is 57.7. The van der Waals surface area contributed by atoms with Crippen LogP contribution in [0.5, 0.6) is 0 Å². The number of hydrogen-bond acceptors (Lipinski definition) is 8. The number of hydrogen-bond donors (Lipinski definition) is 3. The van der Waals surface area contributed by atoms with Gasteiger partial charge in [-0.05, 0) is 73.9 Å². The highest BCUT2D eigenvalue weighted by Crippen LogP contribution is 2.32. The predicted molar refractivity (Wildman–Crippen MR) is 181 cm³/mol. The molecule has 3 N–H and O–H groups in total. The van der Waals surface area contributed by atoms with Gasteiger partial charge in [0.2, 0.25) is 11.8 Å². The van der Waals surface area contributed by atoms with Crippen molar-refractivity contribution < 1.29 is 23.6 Å². The largest absolute Gasteiger partial charge is 0.340 e. The molecule has 2 aliphatic rings. The molecule has 1 aliphatic heterocycles. The van der Waals surface area contributed by atoms with Crippen molar-refractivity contribution in [3.05, 3.63) is 64.7 Å². The van der Waals surface area contributed by atoms with Gasteiger partial charge in [0.15, 0.2) is 0 Å². The van der Waals surface area contributed by atoms with Crippen molar-refractivity contribution >= 4 is 40.8 Å². The van der Waals surface area contributed by atoms with Crippen LogP contribution in [-0.4, -0.2) is 92.9 Å². The molecule has 0 bridgehead atoms. The van der Waals surface area contributed by atoms with Gasteiger partial charge >= 0.3 is 0 Å². The summed E-state index contributed by atoms with van der Waals surface area (Å²) in [5.74, 6) is -2.42. The van der Waals surface area contributed by atoms with Crippen molar-refractivity contribution in [1.29, 1.82) is 0 Å². The number of piperazine rings is 1. The minimum Gasteiger partial charge on any atom is -0.340 e. The van der Waals surface area contributed by atoms with Gasteiger partial charge in [0.05, 0.1) is 17.4 Å². The molecule has 0 spiro atoms. The van der Waals surface area contributed by atoms with Gasteiger partial charge in [-0.2, -0.15) is 5.10 Å². The summed E-state index contributed by atoms with van der Waals surface area (Å²) in [6, 6.07) is 4.20. The van der Waals surface area contributed by atoms with E-state index in [-0.39, 0.29) is 17.5 Å². The molecule has 48 heavy (non-hydrogen) atoms. The Hall–Kier alpha value is -4.17. The first kappa shape index (κ1) is 35.1. The second-order valence-electron chi connectivity index (χ2n) is 13.0. The summed E-state index contributed by atoms with van der Waals surface area (Å²) in [6.07, 6.45) is 6.39. The number of amides is 4. The zero-order valence-corrected chi connectivity index (χ0v) is 28.8. The molecular formula is C34H45FN8O4S. The number of nitrogens with zero attached hydrogens (tertiary/aromatic N) is 5. The molecule has 1 saturated carbocycles. The second kappa shape index (κ2) is 15.8. The number of benzene rings is 1. The van der Waals surface area contributed by atoms with Crippen LogP contribution in [0.15, 0.2) is 42.0 Å². The van der Waals surface area contributed by atoms with Crippen LogP contribution in [0.2, 0.25) is 0 Å². The van der Waals surface area contributed by atoms with Crippen LogP contribution in [0.4, 0.5) is 10.1 Å². The molecule has 1 aliphatic carbocycles. The van der Waals surface area contributed by atoms with Gasteiger partial charge in [-0.1, -0.05) is 32.8 Å². The molecule has 5 rings (SSSR count). The van der Waals surface area contributed by atoms with E-state index < -0.39 is 41.5 Å². The Balaban J connectivity index is 1.34. The van der Waals surface area contributed by atoms with Crippen molar-refractivity contribution in [3.8, 4) is 0 Å². The van der Waals surface area contributed by atoms with Gasteiger partial charge in [0.1, 0.15) is 23.6 Å². The lowest BCUT2D eigenvalue weighted by molar-refractivity contribution is -0.135. The Bertz CT molecular complexity index is 1580.